The number of nitrogens with one attached hydrogen (secondary N) is 1. The summed E-state index contributed by atoms with van der Waals surface area (Å²) in [4.78, 5) is 21.3. The lowest BCUT2D eigenvalue weighted by atomic mass is 10.2. The van der Waals surface area contributed by atoms with E-state index in [-0.39, 0.29) is 17.9 Å². The number of carbonyl (C=O) groups is 1. The maximum absolute atomic E-state index is 12.3. The number of aromatic nitrogens is 4. The molecule has 8 heteroatoms. The van der Waals surface area contributed by atoms with Crippen molar-refractivity contribution in [2.45, 2.75) is 13.5 Å². The summed E-state index contributed by atoms with van der Waals surface area (Å²) < 4.78 is 6.54. The fourth-order valence-corrected chi connectivity index (χ4v) is 2.92. The van der Waals surface area contributed by atoms with Gasteiger partial charge < -0.3 is 15.2 Å². The minimum absolute atomic E-state index is 0.0506. The average Bonchev–Trinajstić information content (AvgIpc) is 3.17. The van der Waals surface area contributed by atoms with E-state index in [1.807, 2.05) is 30.3 Å². The van der Waals surface area contributed by atoms with Crippen molar-refractivity contribution >= 4 is 17.6 Å². The Hall–Kier alpha value is -3.94. The van der Waals surface area contributed by atoms with Gasteiger partial charge in [0.1, 0.15) is 11.3 Å². The predicted octanol–water partition coefficient (Wildman–Crippen LogP) is 3.29. The van der Waals surface area contributed by atoms with Crippen LogP contribution < -0.4 is 5.32 Å². The Morgan fingerprint density at radius 3 is 2.62 bits per heavy atom. The molecule has 0 saturated carbocycles. The smallest absolute Gasteiger partial charge is 0.343 e. The molecule has 4 aromatic rings. The summed E-state index contributed by atoms with van der Waals surface area (Å²) in [6, 6.07) is 16.6. The minimum atomic E-state index is -0.515. The number of phenols is 1. The average molecular weight is 389 g/mol. The van der Waals surface area contributed by atoms with Gasteiger partial charge in [-0.15, -0.1) is 0 Å². The first-order chi connectivity index (χ1) is 14.2. The molecule has 0 spiro atoms. The molecule has 0 atom stereocenters. The van der Waals surface area contributed by atoms with Crippen molar-refractivity contribution in [1.29, 1.82) is 0 Å². The molecule has 146 valence electrons. The molecule has 2 aromatic heterocycles. The molecule has 0 amide bonds. The van der Waals surface area contributed by atoms with Crippen LogP contribution in [0.25, 0.3) is 17.0 Å². The number of aromatic hydroxyl groups is 1. The quantitative estimate of drug-likeness (QED) is 0.488. The molecule has 8 nitrogen and oxygen atoms in total. The standard InChI is InChI=1S/C21H19N5O3/c1-2-29-20(28)16-13-23-26-18(15-10-6-7-11-17(15)27)24-21(25-19(16)26)22-12-14-8-4-3-5-9-14/h3-11,13,27H,2,12H2,1H3,(H,22,25). The topological polar surface area (TPSA) is 102 Å². The van der Waals surface area contributed by atoms with Crippen LogP contribution in [0.3, 0.4) is 0 Å². The Morgan fingerprint density at radius 2 is 1.86 bits per heavy atom. The van der Waals surface area contributed by atoms with Gasteiger partial charge in [-0.3, -0.25) is 0 Å². The number of anilines is 1. The molecular formula is C21H19N5O3. The van der Waals surface area contributed by atoms with Gasteiger partial charge >= 0.3 is 5.97 Å². The van der Waals surface area contributed by atoms with Crippen molar-refractivity contribution in [1.82, 2.24) is 19.6 Å². The molecule has 29 heavy (non-hydrogen) atoms. The lowest BCUT2D eigenvalue weighted by Gasteiger charge is -2.10. The van der Waals surface area contributed by atoms with Gasteiger partial charge in [0, 0.05) is 6.54 Å². The predicted molar refractivity (Wildman–Crippen MR) is 108 cm³/mol. The second-order valence-electron chi connectivity index (χ2n) is 6.24. The van der Waals surface area contributed by atoms with Crippen LogP contribution >= 0.6 is 0 Å². The number of fused-ring (bicyclic) bond motifs is 1. The zero-order chi connectivity index (χ0) is 20.2. The molecule has 2 heterocycles. The first-order valence-electron chi connectivity index (χ1n) is 9.16. The third-order valence-corrected chi connectivity index (χ3v) is 4.30. The third-order valence-electron chi connectivity index (χ3n) is 4.30. The third kappa shape index (κ3) is 3.73. The van der Waals surface area contributed by atoms with E-state index in [1.165, 1.54) is 10.7 Å². The van der Waals surface area contributed by atoms with Crippen molar-refractivity contribution in [3.8, 4) is 17.1 Å². The van der Waals surface area contributed by atoms with Gasteiger partial charge in [-0.05, 0) is 24.6 Å². The molecule has 0 fully saturated rings. The molecule has 0 unspecified atom stereocenters. The Morgan fingerprint density at radius 1 is 1.10 bits per heavy atom. The molecule has 0 aliphatic carbocycles. The number of phenolic OH excluding ortho intramolecular Hbond substituents is 1. The number of benzene rings is 2. The summed E-state index contributed by atoms with van der Waals surface area (Å²) in [6.45, 7) is 2.48. The van der Waals surface area contributed by atoms with Crippen LogP contribution in [0.1, 0.15) is 22.8 Å². The number of hydrogen-bond donors (Lipinski definition) is 2. The summed E-state index contributed by atoms with van der Waals surface area (Å²) in [5.74, 6) is 0.206. The van der Waals surface area contributed by atoms with Gasteiger partial charge in [-0.25, -0.2) is 4.79 Å². The summed E-state index contributed by atoms with van der Waals surface area (Å²) in [5.41, 5.74) is 2.06. The van der Waals surface area contributed by atoms with E-state index in [2.05, 4.69) is 20.4 Å². The lowest BCUT2D eigenvalue weighted by molar-refractivity contribution is 0.0528. The molecule has 0 saturated heterocycles. The zero-order valence-electron chi connectivity index (χ0n) is 15.7. The minimum Gasteiger partial charge on any atom is -0.507 e. The number of carbonyl (C=O) groups excluding carboxylic acids is 1. The van der Waals surface area contributed by atoms with Crippen molar-refractivity contribution in [3.63, 3.8) is 0 Å². The van der Waals surface area contributed by atoms with E-state index < -0.39 is 5.97 Å². The first-order valence-corrected chi connectivity index (χ1v) is 9.16. The normalized spacial score (nSPS) is 10.8. The maximum atomic E-state index is 12.3. The molecule has 4 rings (SSSR count). The second-order valence-corrected chi connectivity index (χ2v) is 6.24. The van der Waals surface area contributed by atoms with E-state index >= 15 is 0 Å². The fourth-order valence-electron chi connectivity index (χ4n) is 2.92. The summed E-state index contributed by atoms with van der Waals surface area (Å²) in [7, 11) is 0. The van der Waals surface area contributed by atoms with E-state index in [0.29, 0.717) is 29.5 Å². The highest BCUT2D eigenvalue weighted by Gasteiger charge is 2.21. The van der Waals surface area contributed by atoms with Gasteiger partial charge in [0.05, 0.1) is 18.4 Å². The Kier molecular flexibility index (Phi) is 5.07. The van der Waals surface area contributed by atoms with Gasteiger partial charge in [-0.1, -0.05) is 42.5 Å². The van der Waals surface area contributed by atoms with E-state index in [9.17, 15) is 9.90 Å². The van der Waals surface area contributed by atoms with Gasteiger partial charge in [0.2, 0.25) is 5.95 Å². The van der Waals surface area contributed by atoms with E-state index in [4.69, 9.17) is 4.74 Å². The highest BCUT2D eigenvalue weighted by Crippen LogP contribution is 2.29. The van der Waals surface area contributed by atoms with Crippen molar-refractivity contribution in [2.75, 3.05) is 11.9 Å². The molecule has 2 aromatic carbocycles. The van der Waals surface area contributed by atoms with Crippen molar-refractivity contribution in [2.24, 2.45) is 0 Å². The van der Waals surface area contributed by atoms with Crippen LogP contribution in [0, 0.1) is 0 Å². The highest BCUT2D eigenvalue weighted by atomic mass is 16.5. The number of para-hydroxylation sites is 1. The molecular weight excluding hydrogens is 370 g/mol. The molecule has 0 aliphatic heterocycles. The van der Waals surface area contributed by atoms with Crippen molar-refractivity contribution in [3.05, 3.63) is 71.9 Å². The van der Waals surface area contributed by atoms with E-state index in [0.717, 1.165) is 5.56 Å². The Bertz CT molecular complexity index is 1160. The van der Waals surface area contributed by atoms with Gasteiger partial charge in [-0.2, -0.15) is 19.6 Å². The van der Waals surface area contributed by atoms with Crippen LogP contribution in [0.2, 0.25) is 0 Å². The van der Waals surface area contributed by atoms with Crippen molar-refractivity contribution < 1.29 is 14.6 Å². The second kappa shape index (κ2) is 7.97. The lowest BCUT2D eigenvalue weighted by Crippen LogP contribution is -2.10. The zero-order valence-corrected chi connectivity index (χ0v) is 15.7. The fraction of sp³-hybridized carbons (Fsp3) is 0.143. The number of esters is 1. The highest BCUT2D eigenvalue weighted by molar-refractivity contribution is 5.96. The number of nitrogens with zero attached hydrogens (tertiary/aromatic N) is 4. The van der Waals surface area contributed by atoms with Crippen LogP contribution in [-0.2, 0) is 11.3 Å². The van der Waals surface area contributed by atoms with E-state index in [1.54, 1.807) is 31.2 Å². The van der Waals surface area contributed by atoms with Crippen LogP contribution in [-0.4, -0.2) is 37.3 Å². The van der Waals surface area contributed by atoms with Crippen LogP contribution in [0.5, 0.6) is 5.75 Å². The molecule has 0 radical (unpaired) electrons. The number of ether oxygens (including phenoxy) is 1. The Labute approximate surface area is 166 Å². The molecule has 0 aliphatic rings. The molecule has 0 bridgehead atoms. The summed E-state index contributed by atoms with van der Waals surface area (Å²) in [5, 5.41) is 17.7. The van der Waals surface area contributed by atoms with Gasteiger partial charge in [0.15, 0.2) is 11.5 Å². The Balaban J connectivity index is 1.82. The van der Waals surface area contributed by atoms with Crippen LogP contribution in [0.15, 0.2) is 60.8 Å². The summed E-state index contributed by atoms with van der Waals surface area (Å²) in [6.07, 6.45) is 1.40. The van der Waals surface area contributed by atoms with Gasteiger partial charge in [0.25, 0.3) is 0 Å². The summed E-state index contributed by atoms with van der Waals surface area (Å²) >= 11 is 0. The largest absolute Gasteiger partial charge is 0.507 e. The number of rotatable bonds is 6. The monoisotopic (exact) mass is 389 g/mol. The SMILES string of the molecule is CCOC(=O)c1cnn2c(-c3ccccc3O)nc(NCc3ccccc3)nc12. The maximum Gasteiger partial charge on any atom is 0.343 e. The van der Waals surface area contributed by atoms with Crippen LogP contribution in [0.4, 0.5) is 5.95 Å². The molecule has 2 N–H and O–H groups in total. The first kappa shape index (κ1) is 18.4. The number of hydrogen-bond acceptors (Lipinski definition) is 7.